The molecule has 2 aromatic carbocycles. The molecule has 0 saturated carbocycles. The van der Waals surface area contributed by atoms with Crippen LogP contribution in [0.3, 0.4) is 0 Å². The number of hydrogen-bond donors (Lipinski definition) is 1. The van der Waals surface area contributed by atoms with E-state index in [-0.39, 0.29) is 5.02 Å². The van der Waals surface area contributed by atoms with Crippen LogP contribution in [-0.4, -0.2) is 6.61 Å². The molecule has 21 heavy (non-hydrogen) atoms. The van der Waals surface area contributed by atoms with Crippen LogP contribution in [0.15, 0.2) is 34.8 Å². The van der Waals surface area contributed by atoms with E-state index in [9.17, 15) is 4.39 Å². The van der Waals surface area contributed by atoms with Gasteiger partial charge in [-0.25, -0.2) is 4.39 Å². The van der Waals surface area contributed by atoms with Crippen LogP contribution >= 0.6 is 27.5 Å². The monoisotopic (exact) mass is 369 g/mol. The Labute approximate surface area is 136 Å². The van der Waals surface area contributed by atoms with Gasteiger partial charge in [0.25, 0.3) is 0 Å². The lowest BCUT2D eigenvalue weighted by Crippen LogP contribution is -2.15. The summed E-state index contributed by atoms with van der Waals surface area (Å²) in [5.74, 6) is 0.440. The Morgan fingerprint density at radius 1 is 1.38 bits per heavy atom. The van der Waals surface area contributed by atoms with Gasteiger partial charge >= 0.3 is 0 Å². The summed E-state index contributed by atoms with van der Waals surface area (Å²) in [5, 5.41) is 0.0960. The van der Waals surface area contributed by atoms with Gasteiger partial charge in [0.05, 0.1) is 11.6 Å². The summed E-state index contributed by atoms with van der Waals surface area (Å²) in [6.45, 7) is 0.680. The maximum Gasteiger partial charge on any atom is 0.146 e. The molecule has 0 amide bonds. The van der Waals surface area contributed by atoms with Gasteiger partial charge in [0, 0.05) is 22.5 Å². The SMILES string of the molecule is NC(Cc1cc(Br)cc2c1OCC2)c1cccc(Cl)c1F. The molecule has 0 aliphatic carbocycles. The number of nitrogens with two attached hydrogens (primary N) is 1. The molecule has 1 heterocycles. The zero-order valence-electron chi connectivity index (χ0n) is 11.2. The van der Waals surface area contributed by atoms with Gasteiger partial charge in [0.1, 0.15) is 11.6 Å². The first-order valence-electron chi connectivity index (χ1n) is 6.70. The summed E-state index contributed by atoms with van der Waals surface area (Å²) in [7, 11) is 0. The lowest BCUT2D eigenvalue weighted by Gasteiger charge is -2.16. The summed E-state index contributed by atoms with van der Waals surface area (Å²) < 4.78 is 20.7. The van der Waals surface area contributed by atoms with E-state index in [4.69, 9.17) is 22.1 Å². The van der Waals surface area contributed by atoms with E-state index in [2.05, 4.69) is 22.0 Å². The molecule has 0 radical (unpaired) electrons. The number of rotatable bonds is 3. The highest BCUT2D eigenvalue weighted by Crippen LogP contribution is 2.35. The topological polar surface area (TPSA) is 35.2 Å². The second-order valence-corrected chi connectivity index (χ2v) is 6.43. The second-order valence-electron chi connectivity index (χ2n) is 5.11. The lowest BCUT2D eigenvalue weighted by atomic mass is 9.97. The predicted octanol–water partition coefficient (Wildman–Crippen LogP) is 4.42. The highest BCUT2D eigenvalue weighted by molar-refractivity contribution is 9.10. The molecule has 1 atom stereocenters. The largest absolute Gasteiger partial charge is 0.493 e. The van der Waals surface area contributed by atoms with E-state index in [0.29, 0.717) is 18.6 Å². The first-order chi connectivity index (χ1) is 10.1. The molecule has 2 nitrogen and oxygen atoms in total. The van der Waals surface area contributed by atoms with E-state index < -0.39 is 11.9 Å². The fraction of sp³-hybridized carbons (Fsp3) is 0.250. The van der Waals surface area contributed by atoms with E-state index in [1.807, 2.05) is 6.07 Å². The molecule has 0 spiro atoms. The van der Waals surface area contributed by atoms with Crippen molar-refractivity contribution in [1.29, 1.82) is 0 Å². The van der Waals surface area contributed by atoms with Crippen LogP contribution in [0, 0.1) is 5.82 Å². The molecule has 1 aliphatic rings. The van der Waals surface area contributed by atoms with Gasteiger partial charge in [-0.3, -0.25) is 0 Å². The average molecular weight is 371 g/mol. The van der Waals surface area contributed by atoms with Crippen LogP contribution in [-0.2, 0) is 12.8 Å². The molecule has 5 heteroatoms. The minimum atomic E-state index is -0.466. The van der Waals surface area contributed by atoms with E-state index in [0.717, 1.165) is 27.8 Å². The van der Waals surface area contributed by atoms with Crippen LogP contribution in [0.1, 0.15) is 22.7 Å². The first-order valence-corrected chi connectivity index (χ1v) is 7.87. The average Bonchev–Trinajstić information content (AvgIpc) is 2.90. The van der Waals surface area contributed by atoms with E-state index in [1.54, 1.807) is 12.1 Å². The normalized spacial score (nSPS) is 14.7. The van der Waals surface area contributed by atoms with Crippen molar-refractivity contribution in [2.45, 2.75) is 18.9 Å². The molecular formula is C16H14BrClFNO. The molecule has 2 N–H and O–H groups in total. The molecule has 0 bridgehead atoms. The highest BCUT2D eigenvalue weighted by atomic mass is 79.9. The highest BCUT2D eigenvalue weighted by Gasteiger charge is 2.21. The maximum absolute atomic E-state index is 14.1. The van der Waals surface area contributed by atoms with Crippen LogP contribution in [0.2, 0.25) is 5.02 Å². The molecule has 3 rings (SSSR count). The van der Waals surface area contributed by atoms with Crippen molar-refractivity contribution >= 4 is 27.5 Å². The van der Waals surface area contributed by atoms with Gasteiger partial charge in [-0.15, -0.1) is 0 Å². The van der Waals surface area contributed by atoms with Gasteiger partial charge in [-0.1, -0.05) is 39.7 Å². The molecule has 0 saturated heterocycles. The fourth-order valence-corrected chi connectivity index (χ4v) is 3.39. The molecule has 0 fully saturated rings. The molecule has 0 aromatic heterocycles. The zero-order chi connectivity index (χ0) is 15.0. The zero-order valence-corrected chi connectivity index (χ0v) is 13.5. The Kier molecular flexibility index (Phi) is 4.20. The van der Waals surface area contributed by atoms with Gasteiger partial charge < -0.3 is 10.5 Å². The number of fused-ring (bicyclic) bond motifs is 1. The van der Waals surface area contributed by atoms with Gasteiger partial charge in [0.2, 0.25) is 0 Å². The van der Waals surface area contributed by atoms with Crippen LogP contribution < -0.4 is 10.5 Å². The van der Waals surface area contributed by atoms with Crippen molar-refractivity contribution in [2.75, 3.05) is 6.61 Å². The van der Waals surface area contributed by atoms with Crippen molar-refractivity contribution in [3.63, 3.8) is 0 Å². The minimum absolute atomic E-state index is 0.0960. The molecule has 1 aliphatic heterocycles. The van der Waals surface area contributed by atoms with Gasteiger partial charge in [-0.05, 0) is 35.7 Å². The predicted molar refractivity (Wildman–Crippen MR) is 85.4 cm³/mol. The van der Waals surface area contributed by atoms with Crippen LogP contribution in [0.5, 0.6) is 5.75 Å². The van der Waals surface area contributed by atoms with Crippen LogP contribution in [0.25, 0.3) is 0 Å². The van der Waals surface area contributed by atoms with Gasteiger partial charge in [-0.2, -0.15) is 0 Å². The molecule has 110 valence electrons. The standard InChI is InChI=1S/C16H14BrClFNO/c17-11-6-9-4-5-21-16(9)10(7-11)8-14(20)12-2-1-3-13(18)15(12)19/h1-3,6-7,14H,4-5,8,20H2. The maximum atomic E-state index is 14.1. The number of ether oxygens (including phenoxy) is 1. The Bertz CT molecular complexity index is 692. The second kappa shape index (κ2) is 5.95. The molecule has 2 aromatic rings. The third kappa shape index (κ3) is 2.93. The number of halogens is 3. The Morgan fingerprint density at radius 2 is 2.19 bits per heavy atom. The summed E-state index contributed by atoms with van der Waals surface area (Å²) in [6.07, 6.45) is 1.39. The van der Waals surface area contributed by atoms with E-state index in [1.165, 1.54) is 6.07 Å². The quantitative estimate of drug-likeness (QED) is 0.868. The number of hydrogen-bond acceptors (Lipinski definition) is 2. The number of benzene rings is 2. The minimum Gasteiger partial charge on any atom is -0.493 e. The summed E-state index contributed by atoms with van der Waals surface area (Å²) >= 11 is 9.31. The third-order valence-electron chi connectivity index (χ3n) is 3.65. The van der Waals surface area contributed by atoms with Crippen molar-refractivity contribution in [3.05, 3.63) is 62.3 Å². The third-order valence-corrected chi connectivity index (χ3v) is 4.40. The summed E-state index contributed by atoms with van der Waals surface area (Å²) in [4.78, 5) is 0. The Hall–Kier alpha value is -1.10. The summed E-state index contributed by atoms with van der Waals surface area (Å²) in [5.41, 5.74) is 8.75. The first kappa shape index (κ1) is 14.8. The Morgan fingerprint density at radius 3 is 3.00 bits per heavy atom. The van der Waals surface area contributed by atoms with Crippen molar-refractivity contribution in [3.8, 4) is 5.75 Å². The lowest BCUT2D eigenvalue weighted by molar-refractivity contribution is 0.352. The molecular weight excluding hydrogens is 357 g/mol. The van der Waals surface area contributed by atoms with E-state index >= 15 is 0 Å². The summed E-state index contributed by atoms with van der Waals surface area (Å²) in [6, 6.07) is 8.47. The van der Waals surface area contributed by atoms with Crippen molar-refractivity contribution in [2.24, 2.45) is 5.73 Å². The smallest absolute Gasteiger partial charge is 0.146 e. The molecule has 1 unspecified atom stereocenters. The van der Waals surface area contributed by atoms with Crippen molar-refractivity contribution in [1.82, 2.24) is 0 Å². The van der Waals surface area contributed by atoms with Crippen molar-refractivity contribution < 1.29 is 9.13 Å². The Balaban J connectivity index is 1.92. The van der Waals surface area contributed by atoms with Gasteiger partial charge in [0.15, 0.2) is 0 Å². The fourth-order valence-electron chi connectivity index (χ4n) is 2.65. The van der Waals surface area contributed by atoms with Crippen LogP contribution in [0.4, 0.5) is 4.39 Å².